The van der Waals surface area contributed by atoms with Gasteiger partial charge in [0, 0.05) is 22.9 Å². The summed E-state index contributed by atoms with van der Waals surface area (Å²) in [5.41, 5.74) is 3.01. The minimum absolute atomic E-state index is 0.0476. The highest BCUT2D eigenvalue weighted by Crippen LogP contribution is 2.11. The summed E-state index contributed by atoms with van der Waals surface area (Å²) in [5.74, 6) is -0.419. The van der Waals surface area contributed by atoms with Gasteiger partial charge in [0.2, 0.25) is 0 Å². The number of hydrogen-bond donors (Lipinski definition) is 2. The van der Waals surface area contributed by atoms with Crippen molar-refractivity contribution in [2.24, 2.45) is 0 Å². The van der Waals surface area contributed by atoms with E-state index in [1.54, 1.807) is 0 Å². The fraction of sp³-hybridized carbons (Fsp3) is 0.158. The average molecular weight is 384 g/mol. The highest BCUT2D eigenvalue weighted by Gasteiger charge is 2.08. The molecule has 1 amide bonds. The summed E-state index contributed by atoms with van der Waals surface area (Å²) in [7, 11) is 0. The van der Waals surface area contributed by atoms with Crippen LogP contribution in [-0.4, -0.2) is 12.5 Å². The molecule has 0 aliphatic heterocycles. The van der Waals surface area contributed by atoms with E-state index in [-0.39, 0.29) is 5.57 Å². The maximum absolute atomic E-state index is 12.1. The van der Waals surface area contributed by atoms with Crippen molar-refractivity contribution in [2.45, 2.75) is 13.3 Å². The lowest BCUT2D eigenvalue weighted by atomic mass is 10.1. The normalized spacial score (nSPS) is 10.8. The number of carbonyl (C=O) groups is 1. The second-order valence-corrected chi connectivity index (χ2v) is 6.24. The molecule has 2 aromatic rings. The Morgan fingerprint density at radius 1 is 1.17 bits per heavy atom. The van der Waals surface area contributed by atoms with Crippen LogP contribution in [0.2, 0.25) is 0 Å². The van der Waals surface area contributed by atoms with Crippen molar-refractivity contribution in [3.05, 3.63) is 75.9 Å². The first-order valence-corrected chi connectivity index (χ1v) is 8.34. The SMILES string of the molecule is Cc1ccc(NC(=O)/C(C#N)=C\NCCc2ccc(Br)cc2)cc1. The van der Waals surface area contributed by atoms with Gasteiger partial charge in [0.15, 0.2) is 0 Å². The molecule has 2 rings (SSSR count). The van der Waals surface area contributed by atoms with Crippen LogP contribution in [0, 0.1) is 18.3 Å². The number of anilines is 1. The summed E-state index contributed by atoms with van der Waals surface area (Å²) in [5, 5.41) is 14.9. The van der Waals surface area contributed by atoms with Gasteiger partial charge in [0.25, 0.3) is 5.91 Å². The van der Waals surface area contributed by atoms with Crippen molar-refractivity contribution in [1.82, 2.24) is 5.32 Å². The summed E-state index contributed by atoms with van der Waals surface area (Å²) in [6.07, 6.45) is 2.27. The smallest absolute Gasteiger partial charge is 0.267 e. The molecule has 24 heavy (non-hydrogen) atoms. The number of carbonyl (C=O) groups excluding carboxylic acids is 1. The molecule has 0 saturated heterocycles. The van der Waals surface area contributed by atoms with Crippen LogP contribution in [0.3, 0.4) is 0 Å². The molecule has 0 aliphatic rings. The van der Waals surface area contributed by atoms with E-state index in [4.69, 9.17) is 5.26 Å². The van der Waals surface area contributed by atoms with Crippen molar-refractivity contribution < 1.29 is 4.79 Å². The Bertz CT molecular complexity index is 759. The molecule has 0 unspecified atom stereocenters. The van der Waals surface area contributed by atoms with Crippen molar-refractivity contribution >= 4 is 27.5 Å². The van der Waals surface area contributed by atoms with Crippen LogP contribution in [0.15, 0.2) is 64.8 Å². The third kappa shape index (κ3) is 5.56. The topological polar surface area (TPSA) is 64.9 Å². The maximum atomic E-state index is 12.1. The van der Waals surface area contributed by atoms with Crippen molar-refractivity contribution in [3.8, 4) is 6.07 Å². The lowest BCUT2D eigenvalue weighted by molar-refractivity contribution is -0.112. The van der Waals surface area contributed by atoms with Crippen molar-refractivity contribution in [1.29, 1.82) is 5.26 Å². The molecule has 122 valence electrons. The molecular formula is C19H18BrN3O. The number of amides is 1. The standard InChI is InChI=1S/C19H18BrN3O/c1-14-2-8-18(9-3-14)23-19(24)16(12-21)13-22-11-10-15-4-6-17(20)7-5-15/h2-9,13,22H,10-11H2,1H3,(H,23,24)/b16-13-. The summed E-state index contributed by atoms with van der Waals surface area (Å²) < 4.78 is 1.04. The number of halogens is 1. The Balaban J connectivity index is 1.86. The largest absolute Gasteiger partial charge is 0.389 e. The second-order valence-electron chi connectivity index (χ2n) is 5.32. The van der Waals surface area contributed by atoms with Crippen LogP contribution < -0.4 is 10.6 Å². The molecule has 0 aromatic heterocycles. The highest BCUT2D eigenvalue weighted by atomic mass is 79.9. The molecule has 0 radical (unpaired) electrons. The van der Waals surface area contributed by atoms with Crippen LogP contribution in [0.5, 0.6) is 0 Å². The first-order valence-electron chi connectivity index (χ1n) is 7.54. The fourth-order valence-corrected chi connectivity index (χ4v) is 2.29. The number of nitrogens with one attached hydrogen (secondary N) is 2. The maximum Gasteiger partial charge on any atom is 0.267 e. The van der Waals surface area contributed by atoms with Gasteiger partial charge in [-0.3, -0.25) is 4.79 Å². The highest BCUT2D eigenvalue weighted by molar-refractivity contribution is 9.10. The van der Waals surface area contributed by atoms with Gasteiger partial charge >= 0.3 is 0 Å². The predicted molar refractivity (Wildman–Crippen MR) is 99.4 cm³/mol. The van der Waals surface area contributed by atoms with Gasteiger partial charge in [-0.1, -0.05) is 45.8 Å². The van der Waals surface area contributed by atoms with Crippen LogP contribution in [-0.2, 0) is 11.2 Å². The van der Waals surface area contributed by atoms with Gasteiger partial charge in [-0.15, -0.1) is 0 Å². The zero-order chi connectivity index (χ0) is 17.4. The van der Waals surface area contributed by atoms with Crippen LogP contribution in [0.25, 0.3) is 0 Å². The van der Waals surface area contributed by atoms with Gasteiger partial charge in [0.05, 0.1) is 0 Å². The molecule has 2 N–H and O–H groups in total. The quantitative estimate of drug-likeness (QED) is 0.451. The summed E-state index contributed by atoms with van der Waals surface area (Å²) in [4.78, 5) is 12.1. The summed E-state index contributed by atoms with van der Waals surface area (Å²) >= 11 is 3.40. The first kappa shape index (κ1) is 17.8. The van der Waals surface area contributed by atoms with E-state index in [0.29, 0.717) is 12.2 Å². The van der Waals surface area contributed by atoms with Gasteiger partial charge in [0.1, 0.15) is 11.6 Å². The Hall–Kier alpha value is -2.58. The van der Waals surface area contributed by atoms with Gasteiger partial charge < -0.3 is 10.6 Å². The molecule has 4 nitrogen and oxygen atoms in total. The zero-order valence-electron chi connectivity index (χ0n) is 13.3. The number of rotatable bonds is 6. The first-order chi connectivity index (χ1) is 11.6. The third-order valence-corrected chi connectivity index (χ3v) is 3.92. The van der Waals surface area contributed by atoms with E-state index < -0.39 is 5.91 Å². The zero-order valence-corrected chi connectivity index (χ0v) is 14.9. The fourth-order valence-electron chi connectivity index (χ4n) is 2.03. The molecule has 0 saturated carbocycles. The molecule has 0 bridgehead atoms. The van der Waals surface area contributed by atoms with Crippen molar-refractivity contribution in [2.75, 3.05) is 11.9 Å². The molecule has 0 heterocycles. The van der Waals surface area contributed by atoms with E-state index in [0.717, 1.165) is 16.5 Å². The lowest BCUT2D eigenvalue weighted by Gasteiger charge is -2.06. The minimum atomic E-state index is -0.419. The van der Waals surface area contributed by atoms with Gasteiger partial charge in [-0.05, 0) is 43.2 Å². The van der Waals surface area contributed by atoms with Gasteiger partial charge in [-0.25, -0.2) is 0 Å². The number of nitriles is 1. The van der Waals surface area contributed by atoms with Gasteiger partial charge in [-0.2, -0.15) is 5.26 Å². The third-order valence-electron chi connectivity index (χ3n) is 3.39. The summed E-state index contributed by atoms with van der Waals surface area (Å²) in [6.45, 7) is 2.62. The Morgan fingerprint density at radius 2 is 1.83 bits per heavy atom. The second kappa shape index (κ2) is 8.90. The molecular weight excluding hydrogens is 366 g/mol. The molecule has 0 spiro atoms. The van der Waals surface area contributed by atoms with Crippen molar-refractivity contribution in [3.63, 3.8) is 0 Å². The Morgan fingerprint density at radius 3 is 2.46 bits per heavy atom. The van der Waals surface area contributed by atoms with E-state index >= 15 is 0 Å². The van der Waals surface area contributed by atoms with E-state index in [1.165, 1.54) is 11.8 Å². The van der Waals surface area contributed by atoms with E-state index in [9.17, 15) is 4.79 Å². The number of nitrogens with zero attached hydrogens (tertiary/aromatic N) is 1. The lowest BCUT2D eigenvalue weighted by Crippen LogP contribution is -2.18. The monoisotopic (exact) mass is 383 g/mol. The van der Waals surface area contributed by atoms with Crippen LogP contribution in [0.4, 0.5) is 5.69 Å². The van der Waals surface area contributed by atoms with E-state index in [2.05, 4.69) is 26.6 Å². The molecule has 2 aromatic carbocycles. The average Bonchev–Trinajstić information content (AvgIpc) is 2.58. The minimum Gasteiger partial charge on any atom is -0.389 e. The molecule has 5 heteroatoms. The molecule has 0 atom stereocenters. The molecule has 0 aliphatic carbocycles. The predicted octanol–water partition coefficient (Wildman–Crippen LogP) is 3.94. The number of hydrogen-bond acceptors (Lipinski definition) is 3. The number of aryl methyl sites for hydroxylation is 1. The summed E-state index contributed by atoms with van der Waals surface area (Å²) in [6, 6.07) is 17.4. The number of benzene rings is 2. The van der Waals surface area contributed by atoms with Crippen LogP contribution >= 0.6 is 15.9 Å². The van der Waals surface area contributed by atoms with Crippen LogP contribution in [0.1, 0.15) is 11.1 Å². The molecule has 0 fully saturated rings. The van der Waals surface area contributed by atoms with E-state index in [1.807, 2.05) is 61.5 Å². The Labute approximate surface area is 150 Å². The Kier molecular flexibility index (Phi) is 6.59.